The molecule has 1 aliphatic heterocycles. The summed E-state index contributed by atoms with van der Waals surface area (Å²) in [5.41, 5.74) is 0. The Morgan fingerprint density at radius 1 is 1.62 bits per heavy atom. The van der Waals surface area contributed by atoms with Crippen molar-refractivity contribution in [2.24, 2.45) is 0 Å². The average molecular weight is 200 g/mol. The third-order valence-corrected chi connectivity index (χ3v) is 2.93. The third kappa shape index (κ3) is 2.59. The molecule has 0 N–H and O–H groups in total. The molecule has 1 heterocycles. The van der Waals surface area contributed by atoms with Gasteiger partial charge in [-0.15, -0.1) is 0 Å². The van der Waals surface area contributed by atoms with E-state index >= 15 is 0 Å². The number of esters is 1. The van der Waals surface area contributed by atoms with Gasteiger partial charge in [-0.05, 0) is 6.42 Å². The first-order valence-electron chi connectivity index (χ1n) is 4.30. The molecule has 0 spiro atoms. The second-order valence-electron chi connectivity index (χ2n) is 2.71. The minimum Gasteiger partial charge on any atom is -0.430 e. The minimum absolute atomic E-state index is 0.0225. The van der Waals surface area contributed by atoms with Gasteiger partial charge < -0.3 is 4.74 Å². The van der Waals surface area contributed by atoms with Gasteiger partial charge in [0.1, 0.15) is 5.76 Å². The highest BCUT2D eigenvalue weighted by atomic mass is 32.2. The highest BCUT2D eigenvalue weighted by Crippen LogP contribution is 2.31. The van der Waals surface area contributed by atoms with E-state index in [1.807, 2.05) is 6.92 Å². The Morgan fingerprint density at radius 3 is 2.85 bits per heavy atom. The molecule has 0 saturated carbocycles. The van der Waals surface area contributed by atoms with Gasteiger partial charge in [-0.1, -0.05) is 25.6 Å². The van der Waals surface area contributed by atoms with Crippen LogP contribution >= 0.6 is 11.8 Å². The van der Waals surface area contributed by atoms with Crippen LogP contribution in [-0.2, 0) is 14.3 Å². The van der Waals surface area contributed by atoms with Crippen LogP contribution in [0.3, 0.4) is 0 Å². The highest BCUT2D eigenvalue weighted by Gasteiger charge is 2.26. The maximum Gasteiger partial charge on any atom is 0.310 e. The number of hydrogen-bond acceptors (Lipinski definition) is 4. The van der Waals surface area contributed by atoms with Crippen molar-refractivity contribution in [3.63, 3.8) is 0 Å². The molecule has 0 saturated heterocycles. The zero-order valence-corrected chi connectivity index (χ0v) is 8.52. The van der Waals surface area contributed by atoms with Gasteiger partial charge in [-0.3, -0.25) is 9.59 Å². The number of thioether (sulfide) groups is 1. The molecule has 0 aromatic heterocycles. The molecular weight excluding hydrogens is 188 g/mol. The Bertz CT molecular complexity index is 258. The van der Waals surface area contributed by atoms with Gasteiger partial charge >= 0.3 is 5.97 Å². The monoisotopic (exact) mass is 200 g/mol. The zero-order valence-electron chi connectivity index (χ0n) is 7.70. The van der Waals surface area contributed by atoms with Crippen molar-refractivity contribution < 1.29 is 14.3 Å². The van der Waals surface area contributed by atoms with Crippen LogP contribution in [-0.4, -0.2) is 16.3 Å². The quantitative estimate of drug-likeness (QED) is 0.652. The van der Waals surface area contributed by atoms with E-state index in [-0.39, 0.29) is 16.3 Å². The van der Waals surface area contributed by atoms with Crippen molar-refractivity contribution >= 4 is 22.8 Å². The normalized spacial score (nSPS) is 21.5. The van der Waals surface area contributed by atoms with Gasteiger partial charge in [0, 0.05) is 12.5 Å². The fourth-order valence-electron chi connectivity index (χ4n) is 1.02. The van der Waals surface area contributed by atoms with E-state index < -0.39 is 0 Å². The number of rotatable bonds is 3. The van der Waals surface area contributed by atoms with Crippen LogP contribution in [0.1, 0.15) is 26.7 Å². The number of carbonyl (C=O) groups is 2. The maximum atomic E-state index is 11.0. The Hall–Kier alpha value is -0.770. The van der Waals surface area contributed by atoms with E-state index in [1.165, 1.54) is 17.8 Å². The molecule has 0 aromatic rings. The van der Waals surface area contributed by atoms with E-state index in [9.17, 15) is 9.59 Å². The lowest BCUT2D eigenvalue weighted by molar-refractivity contribution is -0.139. The third-order valence-electron chi connectivity index (χ3n) is 1.73. The molecule has 4 heteroatoms. The molecule has 0 fully saturated rings. The summed E-state index contributed by atoms with van der Waals surface area (Å²) in [5, 5.41) is 0.00810. The summed E-state index contributed by atoms with van der Waals surface area (Å²) in [6.45, 7) is 3.69. The molecule has 1 unspecified atom stereocenters. The van der Waals surface area contributed by atoms with Crippen LogP contribution in [0.2, 0.25) is 0 Å². The van der Waals surface area contributed by atoms with Crippen molar-refractivity contribution in [3.8, 4) is 0 Å². The van der Waals surface area contributed by atoms with E-state index in [0.717, 1.165) is 6.42 Å². The lowest BCUT2D eigenvalue weighted by atomic mass is 10.3. The van der Waals surface area contributed by atoms with E-state index in [1.54, 1.807) is 6.92 Å². The molecule has 13 heavy (non-hydrogen) atoms. The first-order valence-corrected chi connectivity index (χ1v) is 5.18. The average Bonchev–Trinajstić information content (AvgIpc) is 2.46. The lowest BCUT2D eigenvalue weighted by Gasteiger charge is -2.09. The second-order valence-corrected chi connectivity index (χ2v) is 3.92. The SMILES string of the molecule is CCC(=O)OC1=CC(=O)SC1CC. The second kappa shape index (κ2) is 4.46. The summed E-state index contributed by atoms with van der Waals surface area (Å²) >= 11 is 1.22. The standard InChI is InChI=1S/C9H12O3S/c1-3-7-6(5-9(11)13-7)12-8(10)4-2/h5,7H,3-4H2,1-2H3. The minimum atomic E-state index is -0.278. The molecule has 72 valence electrons. The van der Waals surface area contributed by atoms with Gasteiger partial charge in [0.2, 0.25) is 5.12 Å². The predicted molar refractivity (Wildman–Crippen MR) is 51.1 cm³/mol. The van der Waals surface area contributed by atoms with Gasteiger partial charge in [0.15, 0.2) is 0 Å². The molecule has 0 aromatic carbocycles. The molecule has 0 aliphatic carbocycles. The number of carbonyl (C=O) groups excluding carboxylic acids is 2. The van der Waals surface area contributed by atoms with Crippen LogP contribution in [0.4, 0.5) is 0 Å². The highest BCUT2D eigenvalue weighted by molar-refractivity contribution is 8.15. The number of ether oxygens (including phenoxy) is 1. The van der Waals surface area contributed by atoms with Crippen LogP contribution in [0.25, 0.3) is 0 Å². The van der Waals surface area contributed by atoms with Crippen LogP contribution in [0.15, 0.2) is 11.8 Å². The molecule has 3 nitrogen and oxygen atoms in total. The summed E-state index contributed by atoms with van der Waals surface area (Å²) in [7, 11) is 0. The van der Waals surface area contributed by atoms with Crippen LogP contribution < -0.4 is 0 Å². The summed E-state index contributed by atoms with van der Waals surface area (Å²) in [5.74, 6) is 0.240. The van der Waals surface area contributed by atoms with E-state index in [2.05, 4.69) is 0 Å². The van der Waals surface area contributed by atoms with Crippen molar-refractivity contribution in [2.75, 3.05) is 0 Å². The number of hydrogen-bond donors (Lipinski definition) is 0. The van der Waals surface area contributed by atoms with Crippen molar-refractivity contribution in [1.29, 1.82) is 0 Å². The van der Waals surface area contributed by atoms with Crippen molar-refractivity contribution in [1.82, 2.24) is 0 Å². The van der Waals surface area contributed by atoms with Crippen LogP contribution in [0, 0.1) is 0 Å². The molecule has 1 atom stereocenters. The lowest BCUT2D eigenvalue weighted by Crippen LogP contribution is -2.09. The first kappa shape index (κ1) is 10.3. The summed E-state index contributed by atoms with van der Waals surface area (Å²) in [4.78, 5) is 21.9. The smallest absolute Gasteiger partial charge is 0.310 e. The molecule has 0 bridgehead atoms. The zero-order chi connectivity index (χ0) is 9.84. The van der Waals surface area contributed by atoms with E-state index in [4.69, 9.17) is 4.74 Å². The van der Waals surface area contributed by atoms with Crippen molar-refractivity contribution in [3.05, 3.63) is 11.8 Å². The molecule has 1 aliphatic rings. The van der Waals surface area contributed by atoms with Gasteiger partial charge in [0.05, 0.1) is 5.25 Å². The Morgan fingerprint density at radius 2 is 2.31 bits per heavy atom. The Balaban J connectivity index is 2.61. The first-order chi connectivity index (χ1) is 6.17. The summed E-state index contributed by atoms with van der Waals surface area (Å²) in [6, 6.07) is 0. The molecule has 0 amide bonds. The van der Waals surface area contributed by atoms with Crippen LogP contribution in [0.5, 0.6) is 0 Å². The fourth-order valence-corrected chi connectivity index (χ4v) is 1.89. The largest absolute Gasteiger partial charge is 0.430 e. The molecule has 0 radical (unpaired) electrons. The Kier molecular flexibility index (Phi) is 3.54. The van der Waals surface area contributed by atoms with E-state index in [0.29, 0.717) is 12.2 Å². The Labute approximate surface area is 81.5 Å². The molecular formula is C9H12O3S. The summed E-state index contributed by atoms with van der Waals surface area (Å²) in [6.07, 6.45) is 2.55. The van der Waals surface area contributed by atoms with Gasteiger partial charge in [-0.2, -0.15) is 0 Å². The topological polar surface area (TPSA) is 43.4 Å². The fraction of sp³-hybridized carbons (Fsp3) is 0.556. The maximum absolute atomic E-state index is 11.0. The summed E-state index contributed by atoms with van der Waals surface area (Å²) < 4.78 is 5.01. The van der Waals surface area contributed by atoms with Gasteiger partial charge in [-0.25, -0.2) is 0 Å². The predicted octanol–water partition coefficient (Wildman–Crippen LogP) is 1.88. The molecule has 1 rings (SSSR count). The van der Waals surface area contributed by atoms with Gasteiger partial charge in [0.25, 0.3) is 0 Å². The van der Waals surface area contributed by atoms with Crippen molar-refractivity contribution in [2.45, 2.75) is 31.9 Å².